The minimum absolute atomic E-state index is 0.233. The topological polar surface area (TPSA) is 95.1 Å². The number of rotatable bonds is 2. The van der Waals surface area contributed by atoms with Crippen LogP contribution in [0, 0.1) is 0 Å². The molecule has 0 radical (unpaired) electrons. The Kier molecular flexibility index (Phi) is 5.12. The average Bonchev–Trinajstić information content (AvgIpc) is 2.97. The van der Waals surface area contributed by atoms with Gasteiger partial charge in [0.25, 0.3) is 11.8 Å². The molecule has 146 valence electrons. The van der Waals surface area contributed by atoms with Crippen molar-refractivity contribution in [2.75, 3.05) is 26.4 Å². The summed E-state index contributed by atoms with van der Waals surface area (Å²) >= 11 is 6.19. The predicted octanol–water partition coefficient (Wildman–Crippen LogP) is 2.35. The normalized spacial score (nSPS) is 14.6. The summed E-state index contributed by atoms with van der Waals surface area (Å²) in [5.74, 6) is 0.840. The summed E-state index contributed by atoms with van der Waals surface area (Å²) < 4.78 is 22.0. The number of fused-ring (bicyclic) bond motifs is 2. The Bertz CT molecular complexity index is 933. The molecule has 0 aromatic heterocycles. The molecule has 2 heterocycles. The van der Waals surface area contributed by atoms with Gasteiger partial charge in [-0.05, 0) is 30.3 Å². The maximum atomic E-state index is 12.4. The first-order chi connectivity index (χ1) is 13.6. The molecule has 2 aliphatic heterocycles. The van der Waals surface area contributed by atoms with Gasteiger partial charge in [-0.15, -0.1) is 0 Å². The monoisotopic (exact) mass is 404 g/mol. The van der Waals surface area contributed by atoms with E-state index in [0.29, 0.717) is 55.0 Å². The van der Waals surface area contributed by atoms with Gasteiger partial charge in [-0.25, -0.2) is 0 Å². The van der Waals surface area contributed by atoms with Crippen molar-refractivity contribution >= 4 is 23.4 Å². The first-order valence-electron chi connectivity index (χ1n) is 8.71. The summed E-state index contributed by atoms with van der Waals surface area (Å²) in [5.41, 5.74) is 5.28. The van der Waals surface area contributed by atoms with Gasteiger partial charge in [-0.1, -0.05) is 11.6 Å². The van der Waals surface area contributed by atoms with Gasteiger partial charge in [0, 0.05) is 17.5 Å². The summed E-state index contributed by atoms with van der Waals surface area (Å²) in [6.07, 6.45) is 0.720. The molecule has 0 unspecified atom stereocenters. The second kappa shape index (κ2) is 7.85. The number of amides is 2. The van der Waals surface area contributed by atoms with Crippen LogP contribution in [0.2, 0.25) is 5.02 Å². The smallest absolute Gasteiger partial charge is 0.269 e. The van der Waals surface area contributed by atoms with Crippen LogP contribution in [0.5, 0.6) is 23.0 Å². The minimum atomic E-state index is -0.538. The number of carbonyl (C=O) groups is 2. The number of hydrogen-bond acceptors (Lipinski definition) is 6. The molecule has 2 aromatic carbocycles. The summed E-state index contributed by atoms with van der Waals surface area (Å²) in [6.45, 7) is 1.84. The minimum Gasteiger partial charge on any atom is -0.489 e. The van der Waals surface area contributed by atoms with E-state index in [1.807, 2.05) is 0 Å². The van der Waals surface area contributed by atoms with Crippen molar-refractivity contribution in [1.29, 1.82) is 0 Å². The quantitative estimate of drug-likeness (QED) is 0.746. The highest BCUT2D eigenvalue weighted by Gasteiger charge is 2.19. The first kappa shape index (κ1) is 18.2. The number of hydrazine groups is 1. The lowest BCUT2D eigenvalue weighted by molar-refractivity contribution is 0.0846. The number of halogens is 1. The maximum absolute atomic E-state index is 12.4. The van der Waals surface area contributed by atoms with Gasteiger partial charge >= 0.3 is 0 Å². The summed E-state index contributed by atoms with van der Waals surface area (Å²) in [5, 5.41) is 0.266. The summed E-state index contributed by atoms with van der Waals surface area (Å²) in [7, 11) is 0. The summed E-state index contributed by atoms with van der Waals surface area (Å²) in [4.78, 5) is 24.7. The number of hydrogen-bond donors (Lipinski definition) is 2. The number of nitrogens with one attached hydrogen (secondary N) is 2. The number of benzene rings is 2. The van der Waals surface area contributed by atoms with Gasteiger partial charge in [0.15, 0.2) is 23.0 Å². The van der Waals surface area contributed by atoms with Crippen LogP contribution in [-0.4, -0.2) is 38.2 Å². The van der Waals surface area contributed by atoms with Gasteiger partial charge in [-0.3, -0.25) is 20.4 Å². The molecule has 0 fully saturated rings. The molecule has 2 aromatic rings. The molecule has 28 heavy (non-hydrogen) atoms. The van der Waals surface area contributed by atoms with Crippen molar-refractivity contribution < 1.29 is 28.5 Å². The molecule has 2 N–H and O–H groups in total. The van der Waals surface area contributed by atoms with Crippen LogP contribution in [0.4, 0.5) is 0 Å². The van der Waals surface area contributed by atoms with Gasteiger partial charge in [-0.2, -0.15) is 0 Å². The van der Waals surface area contributed by atoms with Crippen LogP contribution >= 0.6 is 11.6 Å². The Morgan fingerprint density at radius 2 is 1.39 bits per heavy atom. The Hall–Kier alpha value is -3.13. The van der Waals surface area contributed by atoms with E-state index < -0.39 is 11.8 Å². The average molecular weight is 405 g/mol. The largest absolute Gasteiger partial charge is 0.489 e. The van der Waals surface area contributed by atoms with E-state index >= 15 is 0 Å². The lowest BCUT2D eigenvalue weighted by atomic mass is 10.2. The van der Waals surface area contributed by atoms with E-state index in [2.05, 4.69) is 10.9 Å². The number of ether oxygens (including phenoxy) is 4. The Morgan fingerprint density at radius 3 is 2.21 bits per heavy atom. The molecule has 0 saturated carbocycles. The highest BCUT2D eigenvalue weighted by Crippen LogP contribution is 2.38. The molecule has 0 saturated heterocycles. The molecule has 0 aliphatic carbocycles. The molecule has 9 heteroatoms. The lowest BCUT2D eigenvalue weighted by Gasteiger charge is -2.18. The van der Waals surface area contributed by atoms with Gasteiger partial charge in [0.1, 0.15) is 13.2 Å². The van der Waals surface area contributed by atoms with Crippen LogP contribution in [0.1, 0.15) is 27.1 Å². The zero-order valence-corrected chi connectivity index (χ0v) is 15.5. The van der Waals surface area contributed by atoms with E-state index in [-0.39, 0.29) is 10.6 Å². The van der Waals surface area contributed by atoms with E-state index in [1.165, 1.54) is 12.1 Å². The molecule has 0 spiro atoms. The molecular formula is C19H17ClN2O6. The Morgan fingerprint density at radius 1 is 0.750 bits per heavy atom. The fourth-order valence-electron chi connectivity index (χ4n) is 2.80. The fraction of sp³-hybridized carbons (Fsp3) is 0.263. The van der Waals surface area contributed by atoms with E-state index in [4.69, 9.17) is 30.5 Å². The van der Waals surface area contributed by atoms with Crippen molar-refractivity contribution in [2.45, 2.75) is 6.42 Å². The Labute approximate surface area is 165 Å². The lowest BCUT2D eigenvalue weighted by Crippen LogP contribution is -2.41. The SMILES string of the molecule is O=C(NNC(=O)c1cc(Cl)c2c(c1)OCCCO2)c1ccc2c(c1)OCCO2. The molecule has 8 nitrogen and oxygen atoms in total. The Balaban J connectivity index is 1.43. The van der Waals surface area contributed by atoms with Crippen LogP contribution in [0.25, 0.3) is 0 Å². The molecule has 2 amide bonds. The third-order valence-electron chi connectivity index (χ3n) is 4.16. The molecule has 4 rings (SSSR count). The van der Waals surface area contributed by atoms with Crippen molar-refractivity contribution in [2.24, 2.45) is 0 Å². The van der Waals surface area contributed by atoms with E-state index in [0.717, 1.165) is 6.42 Å². The first-order valence-corrected chi connectivity index (χ1v) is 9.09. The fourth-order valence-corrected chi connectivity index (χ4v) is 3.07. The van der Waals surface area contributed by atoms with Gasteiger partial charge in [0.2, 0.25) is 0 Å². The van der Waals surface area contributed by atoms with Gasteiger partial charge < -0.3 is 18.9 Å². The second-order valence-corrected chi connectivity index (χ2v) is 6.51. The maximum Gasteiger partial charge on any atom is 0.269 e. The highest BCUT2D eigenvalue weighted by molar-refractivity contribution is 6.32. The molecular weight excluding hydrogens is 388 g/mol. The highest BCUT2D eigenvalue weighted by atomic mass is 35.5. The third-order valence-corrected chi connectivity index (χ3v) is 4.44. The van der Waals surface area contributed by atoms with Crippen LogP contribution in [-0.2, 0) is 0 Å². The third kappa shape index (κ3) is 3.77. The van der Waals surface area contributed by atoms with E-state index in [9.17, 15) is 9.59 Å². The van der Waals surface area contributed by atoms with Crippen LogP contribution < -0.4 is 29.8 Å². The van der Waals surface area contributed by atoms with Crippen molar-refractivity contribution in [1.82, 2.24) is 10.9 Å². The van der Waals surface area contributed by atoms with Crippen molar-refractivity contribution in [3.05, 3.63) is 46.5 Å². The standard InChI is InChI=1S/C19H17ClN2O6/c20-13-8-12(10-16-17(13)28-5-1-4-25-16)19(24)22-21-18(23)11-2-3-14-15(9-11)27-7-6-26-14/h2-3,8-10H,1,4-7H2,(H,21,23)(H,22,24). The predicted molar refractivity (Wildman–Crippen MR) is 99.4 cm³/mol. The molecule has 0 bridgehead atoms. The zero-order chi connectivity index (χ0) is 19.5. The second-order valence-electron chi connectivity index (χ2n) is 6.10. The molecule has 0 atom stereocenters. The number of carbonyl (C=O) groups excluding carboxylic acids is 2. The molecule has 2 aliphatic rings. The van der Waals surface area contributed by atoms with Crippen molar-refractivity contribution in [3.63, 3.8) is 0 Å². The van der Waals surface area contributed by atoms with Crippen LogP contribution in [0.15, 0.2) is 30.3 Å². The van der Waals surface area contributed by atoms with E-state index in [1.54, 1.807) is 18.2 Å². The van der Waals surface area contributed by atoms with Gasteiger partial charge in [0.05, 0.1) is 18.2 Å². The zero-order valence-electron chi connectivity index (χ0n) is 14.7. The van der Waals surface area contributed by atoms with Crippen LogP contribution in [0.3, 0.4) is 0 Å². The van der Waals surface area contributed by atoms with Crippen molar-refractivity contribution in [3.8, 4) is 23.0 Å². The summed E-state index contributed by atoms with van der Waals surface area (Å²) in [6, 6.07) is 7.77.